The van der Waals surface area contributed by atoms with Gasteiger partial charge in [-0.05, 0) is 24.6 Å². The van der Waals surface area contributed by atoms with Crippen LogP contribution in [0.5, 0.6) is 0 Å². The number of hydrogen-bond acceptors (Lipinski definition) is 5. The molecule has 116 valence electrons. The number of aromatic nitrogens is 1. The van der Waals surface area contributed by atoms with E-state index in [9.17, 15) is 4.79 Å². The lowest BCUT2D eigenvalue weighted by Gasteiger charge is -2.34. The van der Waals surface area contributed by atoms with Crippen molar-refractivity contribution in [2.24, 2.45) is 0 Å². The highest BCUT2D eigenvalue weighted by Crippen LogP contribution is 2.28. The first kappa shape index (κ1) is 15.1. The molecular formula is C16H18N2O3S. The highest BCUT2D eigenvalue weighted by molar-refractivity contribution is 7.09. The van der Waals surface area contributed by atoms with Crippen LogP contribution in [0.4, 0.5) is 0 Å². The Bertz CT molecular complexity index is 671. The van der Waals surface area contributed by atoms with Crippen LogP contribution in [0, 0.1) is 6.92 Å². The molecule has 1 N–H and O–H groups in total. The summed E-state index contributed by atoms with van der Waals surface area (Å²) in [6.45, 7) is 4.84. The Hall–Kier alpha value is -1.76. The van der Waals surface area contributed by atoms with E-state index < -0.39 is 5.97 Å². The second kappa shape index (κ2) is 6.56. The molecular weight excluding hydrogens is 300 g/mol. The van der Waals surface area contributed by atoms with Crippen LogP contribution in [0.1, 0.15) is 32.7 Å². The Labute approximate surface area is 133 Å². The minimum absolute atomic E-state index is 0.140. The first-order valence-corrected chi connectivity index (χ1v) is 8.07. The number of thiazole rings is 1. The second-order valence-electron chi connectivity index (χ2n) is 5.39. The minimum atomic E-state index is -0.893. The van der Waals surface area contributed by atoms with Gasteiger partial charge in [0.25, 0.3) is 0 Å². The molecule has 0 spiro atoms. The van der Waals surface area contributed by atoms with Gasteiger partial charge in [-0.2, -0.15) is 0 Å². The number of rotatable bonds is 4. The van der Waals surface area contributed by atoms with Crippen LogP contribution in [0.2, 0.25) is 0 Å². The topological polar surface area (TPSA) is 62.7 Å². The van der Waals surface area contributed by atoms with Gasteiger partial charge in [0, 0.05) is 24.2 Å². The first-order chi connectivity index (χ1) is 10.6. The second-order valence-corrected chi connectivity index (χ2v) is 6.28. The number of ether oxygens (including phenoxy) is 1. The van der Waals surface area contributed by atoms with E-state index in [2.05, 4.69) is 9.88 Å². The predicted octanol–water partition coefficient (Wildman–Crippen LogP) is 2.72. The maximum atomic E-state index is 11.1. The van der Waals surface area contributed by atoms with Crippen LogP contribution in [-0.4, -0.2) is 40.7 Å². The molecule has 0 bridgehead atoms. The molecule has 2 aromatic rings. The normalized spacial score (nSPS) is 19.2. The van der Waals surface area contributed by atoms with Gasteiger partial charge < -0.3 is 9.84 Å². The number of carboxylic acid groups (broad SMARTS) is 1. The average Bonchev–Trinajstić information content (AvgIpc) is 2.94. The van der Waals surface area contributed by atoms with E-state index >= 15 is 0 Å². The summed E-state index contributed by atoms with van der Waals surface area (Å²) in [5.41, 5.74) is 2.35. The minimum Gasteiger partial charge on any atom is -0.478 e. The molecule has 1 aromatic carbocycles. The van der Waals surface area contributed by atoms with Crippen molar-refractivity contribution in [3.05, 3.63) is 51.5 Å². The van der Waals surface area contributed by atoms with Crippen LogP contribution >= 0.6 is 11.3 Å². The molecule has 1 aliphatic heterocycles. The van der Waals surface area contributed by atoms with E-state index in [0.29, 0.717) is 25.3 Å². The van der Waals surface area contributed by atoms with E-state index in [-0.39, 0.29) is 6.04 Å². The highest BCUT2D eigenvalue weighted by atomic mass is 32.1. The number of carboxylic acids is 1. The Morgan fingerprint density at radius 3 is 3.14 bits per heavy atom. The fourth-order valence-electron chi connectivity index (χ4n) is 2.62. The number of aryl methyl sites for hydroxylation is 1. The fourth-order valence-corrected chi connectivity index (χ4v) is 3.53. The van der Waals surface area contributed by atoms with Crippen LogP contribution in [0.15, 0.2) is 29.6 Å². The van der Waals surface area contributed by atoms with Crippen LogP contribution in [0.3, 0.4) is 0 Å². The number of benzene rings is 1. The Morgan fingerprint density at radius 1 is 1.55 bits per heavy atom. The molecule has 0 aliphatic carbocycles. The molecule has 1 saturated heterocycles. The molecule has 1 fully saturated rings. The lowest BCUT2D eigenvalue weighted by atomic mass is 10.1. The molecule has 0 radical (unpaired) electrons. The van der Waals surface area contributed by atoms with Gasteiger partial charge in [0.05, 0.1) is 24.8 Å². The van der Waals surface area contributed by atoms with Gasteiger partial charge in [-0.1, -0.05) is 12.1 Å². The number of hydrogen-bond donors (Lipinski definition) is 1. The molecule has 2 heterocycles. The third-order valence-electron chi connectivity index (χ3n) is 3.72. The maximum Gasteiger partial charge on any atom is 0.335 e. The monoisotopic (exact) mass is 318 g/mol. The lowest BCUT2D eigenvalue weighted by molar-refractivity contribution is -0.0128. The number of carbonyl (C=O) groups is 1. The summed E-state index contributed by atoms with van der Waals surface area (Å²) in [6, 6.07) is 7.25. The fraction of sp³-hybridized carbons (Fsp3) is 0.375. The van der Waals surface area contributed by atoms with Gasteiger partial charge in [-0.15, -0.1) is 11.3 Å². The first-order valence-electron chi connectivity index (χ1n) is 7.19. The predicted molar refractivity (Wildman–Crippen MR) is 84.2 cm³/mol. The molecule has 5 nitrogen and oxygen atoms in total. The van der Waals surface area contributed by atoms with E-state index in [4.69, 9.17) is 9.84 Å². The van der Waals surface area contributed by atoms with Crippen LogP contribution in [-0.2, 0) is 11.3 Å². The maximum absolute atomic E-state index is 11.1. The molecule has 1 aliphatic rings. The van der Waals surface area contributed by atoms with Crippen molar-refractivity contribution in [1.29, 1.82) is 0 Å². The molecule has 0 amide bonds. The quantitative estimate of drug-likeness (QED) is 0.939. The van der Waals surface area contributed by atoms with Crippen molar-refractivity contribution in [3.8, 4) is 0 Å². The van der Waals surface area contributed by atoms with Gasteiger partial charge in [0.15, 0.2) is 0 Å². The molecule has 22 heavy (non-hydrogen) atoms. The molecule has 6 heteroatoms. The van der Waals surface area contributed by atoms with E-state index in [1.54, 1.807) is 29.5 Å². The van der Waals surface area contributed by atoms with Crippen molar-refractivity contribution in [2.75, 3.05) is 19.8 Å². The molecule has 3 rings (SSSR count). The summed E-state index contributed by atoms with van der Waals surface area (Å²) in [6.07, 6.45) is 0. The van der Waals surface area contributed by atoms with Crippen molar-refractivity contribution in [2.45, 2.75) is 19.5 Å². The smallest absolute Gasteiger partial charge is 0.335 e. The third kappa shape index (κ3) is 3.35. The van der Waals surface area contributed by atoms with Crippen LogP contribution < -0.4 is 0 Å². The van der Waals surface area contributed by atoms with Gasteiger partial charge >= 0.3 is 5.97 Å². The summed E-state index contributed by atoms with van der Waals surface area (Å²) in [5, 5.41) is 12.2. The van der Waals surface area contributed by atoms with Crippen molar-refractivity contribution in [1.82, 2.24) is 9.88 Å². The lowest BCUT2D eigenvalue weighted by Crippen LogP contribution is -2.39. The van der Waals surface area contributed by atoms with Gasteiger partial charge in [0.1, 0.15) is 5.01 Å². The number of morpholine rings is 1. The summed E-state index contributed by atoms with van der Waals surface area (Å²) >= 11 is 1.65. The zero-order chi connectivity index (χ0) is 15.5. The SMILES string of the molecule is Cc1csc(C2COCCN2Cc2cccc(C(=O)O)c2)n1. The summed E-state index contributed by atoms with van der Waals surface area (Å²) in [7, 11) is 0. The third-order valence-corrected chi connectivity index (χ3v) is 4.78. The van der Waals surface area contributed by atoms with Gasteiger partial charge in [-0.3, -0.25) is 4.90 Å². The zero-order valence-electron chi connectivity index (χ0n) is 12.4. The van der Waals surface area contributed by atoms with Crippen molar-refractivity contribution >= 4 is 17.3 Å². The average molecular weight is 318 g/mol. The van der Waals surface area contributed by atoms with E-state index in [0.717, 1.165) is 22.8 Å². The van der Waals surface area contributed by atoms with Crippen molar-refractivity contribution in [3.63, 3.8) is 0 Å². The molecule has 1 atom stereocenters. The Kier molecular flexibility index (Phi) is 4.52. The highest BCUT2D eigenvalue weighted by Gasteiger charge is 2.27. The van der Waals surface area contributed by atoms with Crippen molar-refractivity contribution < 1.29 is 14.6 Å². The molecule has 0 saturated carbocycles. The van der Waals surface area contributed by atoms with Gasteiger partial charge in [0.2, 0.25) is 0 Å². The standard InChI is InChI=1S/C16H18N2O3S/c1-11-10-22-15(17-11)14-9-21-6-5-18(14)8-12-3-2-4-13(7-12)16(19)20/h2-4,7,10,14H,5-6,8-9H2,1H3,(H,19,20). The summed E-state index contributed by atoms with van der Waals surface area (Å²) in [5.74, 6) is -0.893. The zero-order valence-corrected chi connectivity index (χ0v) is 13.2. The van der Waals surface area contributed by atoms with E-state index in [1.165, 1.54) is 0 Å². The molecule has 1 unspecified atom stereocenters. The summed E-state index contributed by atoms with van der Waals surface area (Å²) < 4.78 is 5.61. The number of nitrogens with zero attached hydrogens (tertiary/aromatic N) is 2. The summed E-state index contributed by atoms with van der Waals surface area (Å²) in [4.78, 5) is 18.0. The van der Waals surface area contributed by atoms with E-state index in [1.807, 2.05) is 18.4 Å². The number of aromatic carboxylic acids is 1. The Balaban J connectivity index is 1.79. The molecule has 1 aromatic heterocycles. The largest absolute Gasteiger partial charge is 0.478 e. The Morgan fingerprint density at radius 2 is 2.41 bits per heavy atom. The van der Waals surface area contributed by atoms with Crippen LogP contribution in [0.25, 0.3) is 0 Å². The van der Waals surface area contributed by atoms with Gasteiger partial charge in [-0.25, -0.2) is 9.78 Å².